The molecule has 0 spiro atoms. The number of rotatable bonds is 3. The second-order valence-corrected chi connectivity index (χ2v) is 6.81. The van der Waals surface area contributed by atoms with Crippen LogP contribution in [0.5, 0.6) is 0 Å². The second-order valence-electron chi connectivity index (χ2n) is 4.89. The Balaban J connectivity index is 0.00000161. The van der Waals surface area contributed by atoms with Crippen LogP contribution in [0.2, 0.25) is 0 Å². The third kappa shape index (κ3) is 4.43. The first-order valence-electron chi connectivity index (χ1n) is 6.62. The fraction of sp³-hybridized carbons (Fsp3) is 0.267. The fourth-order valence-corrected chi connectivity index (χ4v) is 3.81. The molecule has 0 unspecified atom stereocenters. The van der Waals surface area contributed by atoms with Gasteiger partial charge in [0.05, 0.1) is 6.54 Å². The quantitative estimate of drug-likeness (QED) is 0.387. The molecule has 1 heterocycles. The molecule has 21 heavy (non-hydrogen) atoms. The van der Waals surface area contributed by atoms with Crippen LogP contribution in [0.4, 0.5) is 5.69 Å². The molecule has 3 nitrogen and oxygen atoms in total. The van der Waals surface area contributed by atoms with E-state index in [2.05, 4.69) is 55.9 Å². The topological polar surface area (TPSA) is 50.4 Å². The van der Waals surface area contributed by atoms with E-state index in [1.807, 2.05) is 0 Å². The molecule has 0 saturated carbocycles. The summed E-state index contributed by atoms with van der Waals surface area (Å²) in [7, 11) is 0. The number of nitrogens with zero attached hydrogens (tertiary/aromatic N) is 1. The zero-order chi connectivity index (χ0) is 13.9. The van der Waals surface area contributed by atoms with Gasteiger partial charge >= 0.3 is 0 Å². The summed E-state index contributed by atoms with van der Waals surface area (Å²) in [6, 6.07) is 8.52. The molecule has 0 amide bonds. The second kappa shape index (κ2) is 7.60. The summed E-state index contributed by atoms with van der Waals surface area (Å²) in [4.78, 5) is 5.56. The lowest BCUT2D eigenvalue weighted by atomic mass is 10.1. The van der Waals surface area contributed by atoms with Crippen LogP contribution >= 0.6 is 51.2 Å². The zero-order valence-corrected chi connectivity index (χ0v) is 16.2. The molecule has 0 aliphatic heterocycles. The number of aryl methyl sites for hydroxylation is 2. The smallest absolute Gasteiger partial charge is 0.193 e. The summed E-state index contributed by atoms with van der Waals surface area (Å²) in [6.07, 6.45) is 3.63. The molecule has 3 rings (SSSR count). The Morgan fingerprint density at radius 2 is 2.10 bits per heavy atom. The molecular formula is C15H17BrIN3S. The monoisotopic (exact) mass is 477 g/mol. The van der Waals surface area contributed by atoms with Crippen molar-refractivity contribution in [2.75, 3.05) is 5.32 Å². The zero-order valence-electron chi connectivity index (χ0n) is 11.4. The van der Waals surface area contributed by atoms with Gasteiger partial charge in [-0.25, -0.2) is 4.99 Å². The van der Waals surface area contributed by atoms with Crippen LogP contribution in [0.1, 0.15) is 22.4 Å². The van der Waals surface area contributed by atoms with Crippen LogP contribution in [-0.4, -0.2) is 5.96 Å². The van der Waals surface area contributed by atoms with Crippen LogP contribution in [0.25, 0.3) is 0 Å². The summed E-state index contributed by atoms with van der Waals surface area (Å²) in [5.74, 6) is 0.465. The summed E-state index contributed by atoms with van der Waals surface area (Å²) in [6.45, 7) is 0.611. The van der Waals surface area contributed by atoms with Gasteiger partial charge < -0.3 is 11.1 Å². The first-order chi connectivity index (χ1) is 9.70. The van der Waals surface area contributed by atoms with Gasteiger partial charge in [0.2, 0.25) is 0 Å². The van der Waals surface area contributed by atoms with E-state index in [9.17, 15) is 0 Å². The highest BCUT2D eigenvalue weighted by Gasteiger charge is 2.10. The Kier molecular flexibility index (Phi) is 6.07. The minimum atomic E-state index is 0. The maximum atomic E-state index is 5.94. The number of anilines is 1. The highest BCUT2D eigenvalue weighted by molar-refractivity contribution is 14.0. The van der Waals surface area contributed by atoms with Gasteiger partial charge in [0.1, 0.15) is 0 Å². The van der Waals surface area contributed by atoms with Crippen molar-refractivity contribution in [3.63, 3.8) is 0 Å². The van der Waals surface area contributed by atoms with Gasteiger partial charge in [0, 0.05) is 20.4 Å². The van der Waals surface area contributed by atoms with Crippen molar-refractivity contribution in [2.24, 2.45) is 10.7 Å². The number of hydrogen-bond acceptors (Lipinski definition) is 2. The molecule has 112 valence electrons. The SMILES string of the molecule is I.NC(=NCc1cc(Br)cs1)Nc1ccc2c(c1)CCC2. The predicted molar refractivity (Wildman–Crippen MR) is 105 cm³/mol. The lowest BCUT2D eigenvalue weighted by Crippen LogP contribution is -2.22. The highest BCUT2D eigenvalue weighted by Crippen LogP contribution is 2.25. The molecule has 3 N–H and O–H groups in total. The number of nitrogens with one attached hydrogen (secondary N) is 1. The lowest BCUT2D eigenvalue weighted by Gasteiger charge is -2.07. The third-order valence-corrected chi connectivity index (χ3v) is 5.08. The summed E-state index contributed by atoms with van der Waals surface area (Å²) >= 11 is 5.11. The Bertz CT molecular complexity index is 654. The van der Waals surface area contributed by atoms with Crippen molar-refractivity contribution >= 4 is 62.9 Å². The number of aliphatic imine (C=N–C) groups is 1. The van der Waals surface area contributed by atoms with E-state index in [1.165, 1.54) is 35.3 Å². The van der Waals surface area contributed by atoms with E-state index in [1.54, 1.807) is 11.3 Å². The number of thiophene rings is 1. The van der Waals surface area contributed by atoms with Gasteiger partial charge in [0.25, 0.3) is 0 Å². The molecule has 1 aromatic heterocycles. The van der Waals surface area contributed by atoms with Crippen molar-refractivity contribution in [1.29, 1.82) is 0 Å². The van der Waals surface area contributed by atoms with Crippen molar-refractivity contribution in [1.82, 2.24) is 0 Å². The van der Waals surface area contributed by atoms with E-state index in [0.717, 1.165) is 10.2 Å². The molecule has 2 aromatic rings. The third-order valence-electron chi connectivity index (χ3n) is 3.40. The number of guanidine groups is 1. The van der Waals surface area contributed by atoms with Crippen LogP contribution in [-0.2, 0) is 19.4 Å². The Morgan fingerprint density at radius 1 is 1.29 bits per heavy atom. The van der Waals surface area contributed by atoms with E-state index >= 15 is 0 Å². The minimum absolute atomic E-state index is 0. The molecule has 0 atom stereocenters. The molecular weight excluding hydrogens is 461 g/mol. The predicted octanol–water partition coefficient (Wildman–Crippen LogP) is 4.54. The molecule has 1 aliphatic rings. The van der Waals surface area contributed by atoms with E-state index in [0.29, 0.717) is 12.5 Å². The molecule has 1 aliphatic carbocycles. The minimum Gasteiger partial charge on any atom is -0.370 e. The van der Waals surface area contributed by atoms with Crippen molar-refractivity contribution in [3.8, 4) is 0 Å². The summed E-state index contributed by atoms with van der Waals surface area (Å²) < 4.78 is 1.10. The Labute approximate surface area is 154 Å². The maximum Gasteiger partial charge on any atom is 0.193 e. The van der Waals surface area contributed by atoms with Crippen LogP contribution in [0.15, 0.2) is 39.1 Å². The van der Waals surface area contributed by atoms with Gasteiger partial charge in [-0.2, -0.15) is 0 Å². The van der Waals surface area contributed by atoms with E-state index in [4.69, 9.17) is 5.73 Å². The number of benzene rings is 1. The highest BCUT2D eigenvalue weighted by atomic mass is 127. The van der Waals surface area contributed by atoms with Crippen LogP contribution < -0.4 is 11.1 Å². The van der Waals surface area contributed by atoms with Gasteiger partial charge in [-0.15, -0.1) is 35.3 Å². The first kappa shape index (κ1) is 16.8. The number of hydrogen-bond donors (Lipinski definition) is 2. The molecule has 0 bridgehead atoms. The molecule has 0 fully saturated rings. The van der Waals surface area contributed by atoms with Gasteiger partial charge in [-0.05, 0) is 64.5 Å². The standard InChI is InChI=1S/C15H16BrN3S.HI/c16-12-7-14(20-9-12)8-18-15(17)19-13-5-4-10-2-1-3-11(10)6-13;/h4-7,9H,1-3,8H2,(H3,17,18,19);1H. The molecule has 0 radical (unpaired) electrons. The fourth-order valence-electron chi connectivity index (χ4n) is 2.44. The van der Waals surface area contributed by atoms with Crippen LogP contribution in [0.3, 0.4) is 0 Å². The van der Waals surface area contributed by atoms with Gasteiger partial charge in [-0.1, -0.05) is 6.07 Å². The molecule has 0 saturated heterocycles. The average Bonchev–Trinajstić information content (AvgIpc) is 3.04. The normalized spacial score (nSPS) is 13.7. The molecule has 6 heteroatoms. The maximum absolute atomic E-state index is 5.94. The average molecular weight is 478 g/mol. The lowest BCUT2D eigenvalue weighted by molar-refractivity contribution is 0.912. The van der Waals surface area contributed by atoms with Crippen molar-refractivity contribution in [3.05, 3.63) is 50.1 Å². The van der Waals surface area contributed by atoms with E-state index in [-0.39, 0.29) is 24.0 Å². The number of halogens is 2. The Morgan fingerprint density at radius 3 is 2.86 bits per heavy atom. The summed E-state index contributed by atoms with van der Waals surface area (Å²) in [5.41, 5.74) is 9.87. The van der Waals surface area contributed by atoms with Crippen molar-refractivity contribution < 1.29 is 0 Å². The van der Waals surface area contributed by atoms with Crippen molar-refractivity contribution in [2.45, 2.75) is 25.8 Å². The van der Waals surface area contributed by atoms with Gasteiger partial charge in [-0.3, -0.25) is 0 Å². The van der Waals surface area contributed by atoms with Crippen LogP contribution in [0, 0.1) is 0 Å². The van der Waals surface area contributed by atoms with Gasteiger partial charge in [0.15, 0.2) is 5.96 Å². The van der Waals surface area contributed by atoms with E-state index < -0.39 is 0 Å². The largest absolute Gasteiger partial charge is 0.370 e. The summed E-state index contributed by atoms with van der Waals surface area (Å²) in [5, 5.41) is 5.22. The number of nitrogens with two attached hydrogens (primary N) is 1. The Hall–Kier alpha value is -0.600. The molecule has 1 aromatic carbocycles. The number of fused-ring (bicyclic) bond motifs is 1. The first-order valence-corrected chi connectivity index (χ1v) is 8.29.